The Bertz CT molecular complexity index is 1650. The number of nitrogens with two attached hydrogens (primary N) is 1. The Morgan fingerprint density at radius 3 is 1.98 bits per heavy atom. The van der Waals surface area contributed by atoms with Crippen molar-refractivity contribution in [3.63, 3.8) is 0 Å². The van der Waals surface area contributed by atoms with Crippen molar-refractivity contribution in [3.8, 4) is 0 Å². The fourth-order valence-corrected chi connectivity index (χ4v) is 5.34. The number of imide groups is 1. The number of aryl methyl sites for hydroxylation is 1. The fraction of sp³-hybridized carbons (Fsp3) is 0.389. The highest BCUT2D eigenvalue weighted by molar-refractivity contribution is 6.04. The van der Waals surface area contributed by atoms with E-state index in [1.807, 2.05) is 19.1 Å². The number of amides is 7. The molecule has 52 heavy (non-hydrogen) atoms. The van der Waals surface area contributed by atoms with E-state index in [2.05, 4.69) is 43.8 Å². The smallest absolute Gasteiger partial charge is 0.322 e. The second-order valence-electron chi connectivity index (χ2n) is 12.5. The lowest BCUT2D eigenvalue weighted by atomic mass is 9.97. The number of carbonyl (C=O) groups is 7. The van der Waals surface area contributed by atoms with Crippen LogP contribution in [-0.2, 0) is 24.0 Å². The molecule has 1 heterocycles. The Hall–Kier alpha value is -6.06. The van der Waals surface area contributed by atoms with Crippen molar-refractivity contribution in [2.24, 2.45) is 5.73 Å². The number of hydrogen-bond acceptors (Lipinski definition) is 8. The molecule has 0 aliphatic carbocycles. The zero-order chi connectivity index (χ0) is 38.2. The summed E-state index contributed by atoms with van der Waals surface area (Å²) < 4.78 is 0. The third kappa shape index (κ3) is 13.0. The molecule has 278 valence electrons. The summed E-state index contributed by atoms with van der Waals surface area (Å²) in [6.07, 6.45) is 0.657. The Labute approximate surface area is 302 Å². The maximum Gasteiger partial charge on any atom is 0.322 e. The number of unbranched alkanes of at least 4 members (excludes halogenated alkanes) is 1. The van der Waals surface area contributed by atoms with Gasteiger partial charge in [-0.25, -0.2) is 4.79 Å². The van der Waals surface area contributed by atoms with Crippen LogP contribution in [0.1, 0.15) is 66.9 Å². The number of guanidine groups is 1. The van der Waals surface area contributed by atoms with Gasteiger partial charge in [0.15, 0.2) is 5.96 Å². The van der Waals surface area contributed by atoms with Crippen molar-refractivity contribution < 1.29 is 33.6 Å². The molecule has 2 aromatic carbocycles. The summed E-state index contributed by atoms with van der Waals surface area (Å²) in [6, 6.07) is 9.12. The summed E-state index contributed by atoms with van der Waals surface area (Å²) in [4.78, 5) is 92.1. The maximum absolute atomic E-state index is 14.0. The molecule has 0 unspecified atom stereocenters. The van der Waals surface area contributed by atoms with Crippen molar-refractivity contribution >= 4 is 52.9 Å². The molecule has 1 saturated heterocycles. The molecule has 10 N–H and O–H groups in total. The molecule has 16 heteroatoms. The van der Waals surface area contributed by atoms with Gasteiger partial charge in [0.25, 0.3) is 11.8 Å². The zero-order valence-electron chi connectivity index (χ0n) is 29.3. The van der Waals surface area contributed by atoms with E-state index >= 15 is 0 Å². The lowest BCUT2D eigenvalue weighted by molar-refractivity contribution is -0.133. The Kier molecular flexibility index (Phi) is 15.5. The Morgan fingerprint density at radius 2 is 1.33 bits per heavy atom. The predicted octanol–water partition coefficient (Wildman–Crippen LogP) is 0.513. The van der Waals surface area contributed by atoms with Gasteiger partial charge in [0, 0.05) is 25.1 Å². The number of benzene rings is 2. The highest BCUT2D eigenvalue weighted by Crippen LogP contribution is 2.18. The zero-order valence-corrected chi connectivity index (χ0v) is 29.3. The highest BCUT2D eigenvalue weighted by atomic mass is 16.2. The van der Waals surface area contributed by atoms with E-state index in [0.717, 1.165) is 5.56 Å². The molecule has 16 nitrogen and oxygen atoms in total. The molecular weight excluding hydrogens is 670 g/mol. The molecule has 4 atom stereocenters. The fourth-order valence-electron chi connectivity index (χ4n) is 5.34. The third-order valence-electron chi connectivity index (χ3n) is 8.16. The van der Waals surface area contributed by atoms with E-state index in [4.69, 9.17) is 11.1 Å². The van der Waals surface area contributed by atoms with Gasteiger partial charge in [-0.15, -0.1) is 0 Å². The van der Waals surface area contributed by atoms with E-state index in [1.54, 1.807) is 42.5 Å². The topological polar surface area (TPSA) is 254 Å². The molecule has 0 saturated carbocycles. The first kappa shape index (κ1) is 40.4. The number of ketones is 1. The third-order valence-corrected chi connectivity index (χ3v) is 8.16. The molecule has 1 fully saturated rings. The van der Waals surface area contributed by atoms with Crippen LogP contribution in [-0.4, -0.2) is 84.6 Å². The van der Waals surface area contributed by atoms with E-state index in [0.29, 0.717) is 24.0 Å². The molecule has 2 aromatic rings. The standard InChI is InChI=1S/C36H47N9O7/c1-21-14-16-25(17-15-21)30(47)39-18-8-7-12-26-31(48)41-27(13-9-19-40-35(37)38)32(49)45-36(52)43-28(20-22(2)46)33(50)44-29(34(51)42-26)23(3)24-10-5-4-6-11-24/h4-6,10-11,14-17,26-29H,3,7-9,12-13,18-20H2,1-2H3,(H,39,47)(H,41,48)(H,42,51)(H,44,50)(H4,37,38,40)(H2,43,45,49,52)/t26-,27-,28-,29+/m0/s1. The lowest BCUT2D eigenvalue weighted by Crippen LogP contribution is -2.61. The van der Waals surface area contributed by atoms with Gasteiger partial charge >= 0.3 is 6.03 Å². The summed E-state index contributed by atoms with van der Waals surface area (Å²) in [5.41, 5.74) is 7.54. The van der Waals surface area contributed by atoms with Crippen LogP contribution in [0.2, 0.25) is 0 Å². The average Bonchev–Trinajstić information content (AvgIpc) is 3.10. The molecule has 0 bridgehead atoms. The number of carbonyl (C=O) groups excluding carboxylic acids is 7. The summed E-state index contributed by atoms with van der Waals surface area (Å²) in [6.45, 7) is 7.62. The average molecular weight is 718 g/mol. The lowest BCUT2D eigenvalue weighted by Gasteiger charge is -2.28. The largest absolute Gasteiger partial charge is 0.370 e. The van der Waals surface area contributed by atoms with Crippen molar-refractivity contribution in [1.82, 2.24) is 37.2 Å². The normalized spacial score (nSPS) is 19.8. The molecule has 3 rings (SSSR count). The van der Waals surface area contributed by atoms with Crippen LogP contribution < -0.4 is 43.0 Å². The van der Waals surface area contributed by atoms with Crippen LogP contribution in [0.5, 0.6) is 0 Å². The van der Waals surface area contributed by atoms with E-state index in [-0.39, 0.29) is 49.8 Å². The van der Waals surface area contributed by atoms with Crippen LogP contribution in [0.4, 0.5) is 4.79 Å². The summed E-state index contributed by atoms with van der Waals surface area (Å²) in [5, 5.41) is 25.1. The number of nitrogens with one attached hydrogen (secondary N) is 8. The first-order valence-electron chi connectivity index (χ1n) is 16.9. The van der Waals surface area contributed by atoms with Crippen molar-refractivity contribution in [2.45, 2.75) is 76.5 Å². The van der Waals surface area contributed by atoms with Crippen LogP contribution in [0, 0.1) is 12.3 Å². The van der Waals surface area contributed by atoms with Crippen molar-refractivity contribution in [3.05, 3.63) is 77.9 Å². The molecule has 0 aromatic heterocycles. The predicted molar refractivity (Wildman–Crippen MR) is 194 cm³/mol. The molecule has 1 aliphatic heterocycles. The van der Waals surface area contributed by atoms with Gasteiger partial charge in [-0.1, -0.05) is 54.6 Å². The van der Waals surface area contributed by atoms with Crippen LogP contribution >= 0.6 is 0 Å². The molecule has 0 spiro atoms. The van der Waals surface area contributed by atoms with E-state index in [9.17, 15) is 33.6 Å². The van der Waals surface area contributed by atoms with Crippen LogP contribution in [0.3, 0.4) is 0 Å². The summed E-state index contributed by atoms with van der Waals surface area (Å²) in [7, 11) is 0. The number of rotatable bonds is 14. The second-order valence-corrected chi connectivity index (χ2v) is 12.5. The van der Waals surface area contributed by atoms with Crippen LogP contribution in [0.15, 0.2) is 61.2 Å². The summed E-state index contributed by atoms with van der Waals surface area (Å²) in [5.74, 6) is -4.35. The minimum atomic E-state index is -1.47. The summed E-state index contributed by atoms with van der Waals surface area (Å²) >= 11 is 0. The van der Waals surface area contributed by atoms with Gasteiger partial charge < -0.3 is 37.6 Å². The highest BCUT2D eigenvalue weighted by Gasteiger charge is 2.34. The number of hydrogen-bond donors (Lipinski definition) is 9. The first-order valence-corrected chi connectivity index (χ1v) is 16.9. The second kappa shape index (κ2) is 20.0. The van der Waals surface area contributed by atoms with Gasteiger partial charge in [0.05, 0.1) is 0 Å². The van der Waals surface area contributed by atoms with Crippen molar-refractivity contribution in [2.75, 3.05) is 13.1 Å². The quantitative estimate of drug-likeness (QED) is 0.0749. The monoisotopic (exact) mass is 717 g/mol. The Morgan fingerprint density at radius 1 is 0.731 bits per heavy atom. The minimum absolute atomic E-state index is 0.00163. The molecule has 1 aliphatic rings. The Balaban J connectivity index is 1.89. The maximum atomic E-state index is 14.0. The number of Topliss-reactive ketones (excluding diaryl/α,β-unsaturated/α-hetero) is 1. The van der Waals surface area contributed by atoms with E-state index < -0.39 is 66.0 Å². The van der Waals surface area contributed by atoms with Crippen molar-refractivity contribution in [1.29, 1.82) is 5.41 Å². The van der Waals surface area contributed by atoms with Gasteiger partial charge in [0.2, 0.25) is 17.7 Å². The van der Waals surface area contributed by atoms with Gasteiger partial charge in [-0.2, -0.15) is 0 Å². The van der Waals surface area contributed by atoms with Gasteiger partial charge in [-0.05, 0) is 69.2 Å². The molecule has 7 amide bonds. The molecule has 0 radical (unpaired) electrons. The molecular formula is C36H47N9O7. The van der Waals surface area contributed by atoms with Gasteiger partial charge in [-0.3, -0.25) is 39.5 Å². The van der Waals surface area contributed by atoms with E-state index in [1.165, 1.54) is 6.92 Å². The van der Waals surface area contributed by atoms with Gasteiger partial charge in [0.1, 0.15) is 30.0 Å². The SMILES string of the molecule is C=C(c1ccccc1)[C@H]1NC(=O)[C@H](CC(C)=O)NC(=O)NC(=O)[C@H](CCCNC(=N)N)NC(=O)[C@H](CCCCNC(=O)c2ccc(C)cc2)NC1=O. The minimum Gasteiger partial charge on any atom is -0.370 e. The number of urea groups is 1. The van der Waals surface area contributed by atoms with Crippen LogP contribution in [0.25, 0.3) is 5.57 Å². The first-order chi connectivity index (χ1) is 24.7.